The number of rotatable bonds is 2. The van der Waals surface area contributed by atoms with E-state index in [0.717, 1.165) is 0 Å². The Balaban J connectivity index is 2.53. The summed E-state index contributed by atoms with van der Waals surface area (Å²) in [5.41, 5.74) is 11.0. The molecule has 0 aromatic heterocycles. The fourth-order valence-electron chi connectivity index (χ4n) is 0.958. The molecule has 2 atom stereocenters. The van der Waals surface area contributed by atoms with E-state index >= 15 is 0 Å². The van der Waals surface area contributed by atoms with E-state index in [0.29, 0.717) is 6.42 Å². The summed E-state index contributed by atoms with van der Waals surface area (Å²) >= 11 is 0. The van der Waals surface area contributed by atoms with Crippen molar-refractivity contribution in [3.05, 3.63) is 0 Å². The van der Waals surface area contributed by atoms with Gasteiger partial charge in [-0.15, -0.1) is 0 Å². The van der Waals surface area contributed by atoms with E-state index < -0.39 is 8.22 Å². The van der Waals surface area contributed by atoms with Crippen molar-refractivity contribution < 1.29 is 9.53 Å². The summed E-state index contributed by atoms with van der Waals surface area (Å²) in [4.78, 5) is 10.9. The van der Waals surface area contributed by atoms with Gasteiger partial charge in [0.2, 0.25) is 0 Å². The normalized spacial score (nSPS) is 35.5. The van der Waals surface area contributed by atoms with Gasteiger partial charge in [0.15, 0.2) is 0 Å². The van der Waals surface area contributed by atoms with Crippen molar-refractivity contribution in [1.82, 2.24) is 0 Å². The second-order valence-corrected chi connectivity index (χ2v) is 5.54. The first-order valence-electron chi connectivity index (χ1n) is 3.15. The SMILES string of the molecule is COC(=O)[C@@H]1C[C@@]1([Si])P(N)N. The van der Waals surface area contributed by atoms with Crippen molar-refractivity contribution in [3.8, 4) is 0 Å². The highest BCUT2D eigenvalue weighted by Crippen LogP contribution is 2.58. The Kier molecular flexibility index (Phi) is 2.34. The quantitative estimate of drug-likeness (QED) is 0.341. The molecule has 0 amide bonds. The first-order chi connectivity index (χ1) is 5.02. The molecule has 11 heavy (non-hydrogen) atoms. The number of esters is 1. The van der Waals surface area contributed by atoms with Crippen LogP contribution in [0.4, 0.5) is 0 Å². The molecule has 0 saturated heterocycles. The number of hydrogen-bond acceptors (Lipinski definition) is 4. The third kappa shape index (κ3) is 1.46. The first kappa shape index (κ1) is 9.13. The lowest BCUT2D eigenvalue weighted by Crippen LogP contribution is -2.23. The second kappa shape index (κ2) is 2.82. The van der Waals surface area contributed by atoms with Crippen molar-refractivity contribution in [2.75, 3.05) is 7.11 Å². The van der Waals surface area contributed by atoms with Crippen LogP contribution in [-0.2, 0) is 9.53 Å². The van der Waals surface area contributed by atoms with Crippen LogP contribution < -0.4 is 11.0 Å². The van der Waals surface area contributed by atoms with Crippen LogP contribution in [0.15, 0.2) is 0 Å². The largest absolute Gasteiger partial charge is 0.469 e. The second-order valence-electron chi connectivity index (χ2n) is 2.61. The van der Waals surface area contributed by atoms with Crippen molar-refractivity contribution >= 4 is 24.4 Å². The minimum atomic E-state index is -1.10. The Morgan fingerprint density at radius 2 is 2.36 bits per heavy atom. The lowest BCUT2D eigenvalue weighted by molar-refractivity contribution is -0.142. The maximum absolute atomic E-state index is 10.9. The zero-order valence-corrected chi connectivity index (χ0v) is 8.10. The highest BCUT2D eigenvalue weighted by atomic mass is 31.1. The monoisotopic (exact) mass is 189 g/mol. The first-order valence-corrected chi connectivity index (χ1v) is 5.13. The van der Waals surface area contributed by atoms with Gasteiger partial charge in [-0.2, -0.15) is 0 Å². The number of hydrogen-bond donors (Lipinski definition) is 2. The van der Waals surface area contributed by atoms with Crippen LogP contribution in [0, 0.1) is 5.92 Å². The van der Waals surface area contributed by atoms with Gasteiger partial charge in [-0.3, -0.25) is 15.8 Å². The van der Waals surface area contributed by atoms with Gasteiger partial charge in [-0.1, -0.05) is 0 Å². The van der Waals surface area contributed by atoms with Crippen molar-refractivity contribution in [3.63, 3.8) is 0 Å². The molecule has 1 fully saturated rings. The number of nitrogens with two attached hydrogens (primary N) is 2. The summed E-state index contributed by atoms with van der Waals surface area (Å²) in [6.45, 7) is 0. The number of ether oxygens (including phenoxy) is 1. The van der Waals surface area contributed by atoms with E-state index in [2.05, 4.69) is 15.0 Å². The minimum Gasteiger partial charge on any atom is -0.469 e. The van der Waals surface area contributed by atoms with Gasteiger partial charge in [-0.25, -0.2) is 0 Å². The van der Waals surface area contributed by atoms with Crippen LogP contribution in [0.2, 0.25) is 0 Å². The van der Waals surface area contributed by atoms with Crippen LogP contribution >= 0.6 is 8.22 Å². The van der Waals surface area contributed by atoms with Gasteiger partial charge in [0.05, 0.1) is 13.0 Å². The number of carbonyl (C=O) groups excluding carboxylic acids is 1. The van der Waals surface area contributed by atoms with Gasteiger partial charge >= 0.3 is 5.97 Å². The molecule has 61 valence electrons. The molecule has 4 nitrogen and oxygen atoms in total. The third-order valence-corrected chi connectivity index (χ3v) is 4.62. The standard InChI is InChI=1S/C5H10N2O2PSi/c1-9-4(8)3-2-5(3,11)10(6)7/h3H,2,6-7H2,1H3/t3-,5-/m0/s1. The van der Waals surface area contributed by atoms with Crippen molar-refractivity contribution in [2.45, 2.75) is 11.2 Å². The molecule has 0 aromatic carbocycles. The van der Waals surface area contributed by atoms with Crippen LogP contribution in [0.5, 0.6) is 0 Å². The smallest absolute Gasteiger partial charge is 0.309 e. The molecular formula is C5H10N2O2PSi. The average Bonchev–Trinajstić information content (AvgIpc) is 2.63. The predicted molar refractivity (Wildman–Crippen MR) is 43.9 cm³/mol. The predicted octanol–water partition coefficient (Wildman–Crippen LogP) is -0.727. The molecule has 1 rings (SSSR count). The van der Waals surface area contributed by atoms with E-state index in [1.807, 2.05) is 0 Å². The Labute approximate surface area is 69.9 Å². The molecule has 0 aromatic rings. The lowest BCUT2D eigenvalue weighted by Gasteiger charge is -2.13. The Bertz CT molecular complexity index is 189. The Morgan fingerprint density at radius 1 is 1.82 bits per heavy atom. The van der Waals surface area contributed by atoms with E-state index in [-0.39, 0.29) is 16.7 Å². The van der Waals surface area contributed by atoms with E-state index in [1.165, 1.54) is 7.11 Å². The lowest BCUT2D eigenvalue weighted by atomic mass is 10.4. The van der Waals surface area contributed by atoms with Gasteiger partial charge in [0, 0.05) is 23.2 Å². The summed E-state index contributed by atoms with van der Waals surface area (Å²) < 4.78 is 4.19. The molecule has 1 aliphatic rings. The molecule has 4 N–H and O–H groups in total. The zero-order valence-electron chi connectivity index (χ0n) is 6.20. The van der Waals surface area contributed by atoms with E-state index in [4.69, 9.17) is 11.0 Å². The highest BCUT2D eigenvalue weighted by Gasteiger charge is 2.58. The van der Waals surface area contributed by atoms with Gasteiger partial charge in [0.25, 0.3) is 0 Å². The summed E-state index contributed by atoms with van der Waals surface area (Å²) in [5, 5.41) is 0. The fraction of sp³-hybridized carbons (Fsp3) is 0.800. The highest BCUT2D eigenvalue weighted by molar-refractivity contribution is 7.56. The van der Waals surface area contributed by atoms with Crippen LogP contribution in [0.25, 0.3) is 0 Å². The van der Waals surface area contributed by atoms with E-state index in [9.17, 15) is 4.79 Å². The zero-order chi connectivity index (χ0) is 8.65. The molecule has 0 unspecified atom stereocenters. The third-order valence-electron chi connectivity index (χ3n) is 1.88. The van der Waals surface area contributed by atoms with Crippen LogP contribution in [0.1, 0.15) is 6.42 Å². The number of methoxy groups -OCH3 is 1. The molecule has 0 heterocycles. The molecule has 1 aliphatic carbocycles. The van der Waals surface area contributed by atoms with Crippen molar-refractivity contribution in [2.24, 2.45) is 16.9 Å². The van der Waals surface area contributed by atoms with Gasteiger partial charge in [0.1, 0.15) is 0 Å². The fourth-order valence-corrected chi connectivity index (χ4v) is 2.14. The molecular weight excluding hydrogens is 179 g/mol. The average molecular weight is 189 g/mol. The van der Waals surface area contributed by atoms with Gasteiger partial charge in [-0.05, 0) is 6.42 Å². The molecule has 0 bridgehead atoms. The van der Waals surface area contributed by atoms with E-state index in [1.54, 1.807) is 0 Å². The summed E-state index contributed by atoms with van der Waals surface area (Å²) in [6, 6.07) is 0. The molecule has 0 spiro atoms. The van der Waals surface area contributed by atoms with Crippen LogP contribution in [0.3, 0.4) is 0 Å². The molecule has 3 radical (unpaired) electrons. The minimum absolute atomic E-state index is 0.148. The van der Waals surface area contributed by atoms with Gasteiger partial charge < -0.3 is 4.74 Å². The van der Waals surface area contributed by atoms with Crippen LogP contribution in [-0.4, -0.2) is 28.1 Å². The molecule has 1 saturated carbocycles. The molecule has 0 aliphatic heterocycles. The summed E-state index contributed by atoms with van der Waals surface area (Å²) in [5.74, 6) is -0.381. The Morgan fingerprint density at radius 3 is 2.64 bits per heavy atom. The number of carbonyl (C=O) groups is 1. The summed E-state index contributed by atoms with van der Waals surface area (Å²) in [6.07, 6.45) is 0.690. The van der Waals surface area contributed by atoms with Crippen molar-refractivity contribution in [1.29, 1.82) is 0 Å². The molecule has 6 heteroatoms. The Hall–Kier alpha value is 0.0369. The maximum atomic E-state index is 10.9. The summed E-state index contributed by atoms with van der Waals surface area (Å²) in [7, 11) is 3.66. The topological polar surface area (TPSA) is 78.3 Å². The maximum Gasteiger partial charge on any atom is 0.309 e.